The molecule has 0 radical (unpaired) electrons. The Labute approximate surface area is 127 Å². The molecule has 0 spiro atoms. The van der Waals surface area contributed by atoms with Crippen molar-refractivity contribution in [2.24, 2.45) is 11.8 Å². The molecule has 0 amide bonds. The molecule has 3 rings (SSSR count). The third-order valence-corrected chi connectivity index (χ3v) is 6.72. The van der Waals surface area contributed by atoms with Gasteiger partial charge < -0.3 is 5.11 Å². The van der Waals surface area contributed by atoms with Crippen molar-refractivity contribution in [1.82, 2.24) is 4.98 Å². The zero-order chi connectivity index (χ0) is 13.3. The number of nitrogens with zero attached hydrogens (tertiary/aromatic N) is 1. The first-order chi connectivity index (χ1) is 9.20. The van der Waals surface area contributed by atoms with Gasteiger partial charge in [-0.05, 0) is 40.6 Å². The van der Waals surface area contributed by atoms with Crippen LogP contribution in [0.1, 0.15) is 62.8 Å². The van der Waals surface area contributed by atoms with E-state index in [-0.39, 0.29) is 0 Å². The van der Waals surface area contributed by atoms with Gasteiger partial charge in [-0.2, -0.15) is 0 Å². The van der Waals surface area contributed by atoms with Gasteiger partial charge in [0.2, 0.25) is 0 Å². The molecule has 2 saturated carbocycles. The van der Waals surface area contributed by atoms with E-state index in [1.54, 1.807) is 11.3 Å². The molecule has 0 aliphatic heterocycles. The molecule has 1 aromatic rings. The van der Waals surface area contributed by atoms with Gasteiger partial charge in [0.05, 0.1) is 0 Å². The van der Waals surface area contributed by atoms with Crippen LogP contribution in [0.2, 0.25) is 0 Å². The molecule has 2 unspecified atom stereocenters. The van der Waals surface area contributed by atoms with Gasteiger partial charge in [-0.3, -0.25) is 0 Å². The molecule has 1 aromatic heterocycles. The number of halogens is 1. The summed E-state index contributed by atoms with van der Waals surface area (Å²) in [5.41, 5.74) is -0.656. The molecule has 2 atom stereocenters. The third-order valence-electron chi connectivity index (χ3n) is 5.00. The summed E-state index contributed by atoms with van der Waals surface area (Å²) < 4.78 is 0.869. The van der Waals surface area contributed by atoms with Crippen LogP contribution in [-0.4, -0.2) is 10.1 Å². The van der Waals surface area contributed by atoms with Gasteiger partial charge in [-0.25, -0.2) is 4.98 Å². The third kappa shape index (κ3) is 2.77. The Morgan fingerprint density at radius 2 is 1.89 bits per heavy atom. The van der Waals surface area contributed by atoms with E-state index in [2.05, 4.69) is 20.9 Å². The lowest BCUT2D eigenvalue weighted by Gasteiger charge is -2.44. The van der Waals surface area contributed by atoms with Gasteiger partial charge in [-0.1, -0.05) is 44.9 Å². The second-order valence-corrected chi connectivity index (χ2v) is 7.82. The minimum absolute atomic E-state index is 0.430. The van der Waals surface area contributed by atoms with Crippen molar-refractivity contribution < 1.29 is 5.11 Å². The van der Waals surface area contributed by atoms with E-state index in [9.17, 15) is 5.11 Å². The Balaban J connectivity index is 1.86. The van der Waals surface area contributed by atoms with Crippen LogP contribution in [0.3, 0.4) is 0 Å². The summed E-state index contributed by atoms with van der Waals surface area (Å²) in [4.78, 5) is 4.54. The molecule has 2 aliphatic carbocycles. The van der Waals surface area contributed by atoms with E-state index in [0.29, 0.717) is 11.8 Å². The topological polar surface area (TPSA) is 33.1 Å². The number of thiazole rings is 1. The number of aliphatic hydroxyl groups is 1. The largest absolute Gasteiger partial charge is 0.382 e. The van der Waals surface area contributed by atoms with Crippen LogP contribution >= 0.6 is 27.3 Å². The predicted molar refractivity (Wildman–Crippen MR) is 82.2 cm³/mol. The first kappa shape index (κ1) is 14.0. The van der Waals surface area contributed by atoms with Crippen LogP contribution in [0.15, 0.2) is 9.98 Å². The van der Waals surface area contributed by atoms with Gasteiger partial charge >= 0.3 is 0 Å². The molecule has 0 aromatic carbocycles. The summed E-state index contributed by atoms with van der Waals surface area (Å²) in [5.74, 6) is 1.14. The van der Waals surface area contributed by atoms with Gasteiger partial charge in [-0.15, -0.1) is 11.3 Å². The van der Waals surface area contributed by atoms with E-state index in [4.69, 9.17) is 0 Å². The maximum atomic E-state index is 11.3. The van der Waals surface area contributed by atoms with Gasteiger partial charge in [0.15, 0.2) is 0 Å². The zero-order valence-electron chi connectivity index (χ0n) is 11.3. The Morgan fingerprint density at radius 3 is 2.58 bits per heavy atom. The second kappa shape index (κ2) is 5.82. The van der Waals surface area contributed by atoms with E-state index >= 15 is 0 Å². The van der Waals surface area contributed by atoms with Crippen molar-refractivity contribution >= 4 is 27.3 Å². The SMILES string of the molecule is OC1(c2nc(Br)cs2)CCCCC1C1CCCCC1. The second-order valence-electron chi connectivity index (χ2n) is 6.15. The Hall–Kier alpha value is 0.0700. The first-order valence-corrected chi connectivity index (χ1v) is 9.21. The molecule has 0 saturated heterocycles. The molecule has 2 fully saturated rings. The molecule has 19 heavy (non-hydrogen) atoms. The van der Waals surface area contributed by atoms with Crippen molar-refractivity contribution in [3.63, 3.8) is 0 Å². The number of rotatable bonds is 2. The van der Waals surface area contributed by atoms with Crippen LogP contribution in [0.5, 0.6) is 0 Å². The quantitative estimate of drug-likeness (QED) is 0.831. The van der Waals surface area contributed by atoms with E-state index in [1.807, 2.05) is 5.38 Å². The zero-order valence-corrected chi connectivity index (χ0v) is 13.7. The maximum absolute atomic E-state index is 11.3. The highest BCUT2D eigenvalue weighted by atomic mass is 79.9. The van der Waals surface area contributed by atoms with Crippen LogP contribution in [0.4, 0.5) is 0 Å². The van der Waals surface area contributed by atoms with Crippen molar-refractivity contribution in [3.05, 3.63) is 15.0 Å². The molecule has 1 heterocycles. The van der Waals surface area contributed by atoms with E-state index < -0.39 is 5.60 Å². The lowest BCUT2D eigenvalue weighted by atomic mass is 9.65. The first-order valence-electron chi connectivity index (χ1n) is 7.54. The van der Waals surface area contributed by atoms with Crippen LogP contribution in [0, 0.1) is 11.8 Å². The fourth-order valence-electron chi connectivity index (χ4n) is 4.06. The summed E-state index contributed by atoms with van der Waals surface area (Å²) in [6, 6.07) is 0. The van der Waals surface area contributed by atoms with E-state index in [1.165, 1.54) is 44.9 Å². The minimum atomic E-state index is -0.656. The maximum Gasteiger partial charge on any atom is 0.126 e. The highest BCUT2D eigenvalue weighted by molar-refractivity contribution is 9.10. The Kier molecular flexibility index (Phi) is 4.30. The number of hydrogen-bond acceptors (Lipinski definition) is 3. The Morgan fingerprint density at radius 1 is 1.16 bits per heavy atom. The average molecular weight is 344 g/mol. The normalized spacial score (nSPS) is 33.5. The van der Waals surface area contributed by atoms with Crippen molar-refractivity contribution in [2.45, 2.75) is 63.4 Å². The summed E-state index contributed by atoms with van der Waals surface area (Å²) in [7, 11) is 0. The van der Waals surface area contributed by atoms with Crippen molar-refractivity contribution in [3.8, 4) is 0 Å². The standard InChI is InChI=1S/C15H22BrNOS/c16-13-10-19-14(17-13)15(18)9-5-4-8-12(15)11-6-2-1-3-7-11/h10-12,18H,1-9H2. The minimum Gasteiger partial charge on any atom is -0.382 e. The van der Waals surface area contributed by atoms with Crippen molar-refractivity contribution in [1.29, 1.82) is 0 Å². The monoisotopic (exact) mass is 343 g/mol. The fraction of sp³-hybridized carbons (Fsp3) is 0.800. The molecule has 106 valence electrons. The lowest BCUT2D eigenvalue weighted by molar-refractivity contribution is -0.0836. The molecule has 4 heteroatoms. The molecule has 2 nitrogen and oxygen atoms in total. The lowest BCUT2D eigenvalue weighted by Crippen LogP contribution is -2.42. The highest BCUT2D eigenvalue weighted by Crippen LogP contribution is 2.49. The van der Waals surface area contributed by atoms with Crippen LogP contribution < -0.4 is 0 Å². The van der Waals surface area contributed by atoms with Gasteiger partial charge in [0, 0.05) is 5.38 Å². The summed E-state index contributed by atoms with van der Waals surface area (Å²) in [5, 5.41) is 14.2. The molecule has 0 bridgehead atoms. The van der Waals surface area contributed by atoms with Crippen LogP contribution in [0.25, 0.3) is 0 Å². The fourth-order valence-corrected chi connectivity index (χ4v) is 5.51. The average Bonchev–Trinajstić information content (AvgIpc) is 2.88. The molecular formula is C15H22BrNOS. The summed E-state index contributed by atoms with van der Waals surface area (Å²) >= 11 is 5.04. The van der Waals surface area contributed by atoms with Gasteiger partial charge in [0.25, 0.3) is 0 Å². The predicted octanol–water partition coefficient (Wildman–Crippen LogP) is 4.86. The highest BCUT2D eigenvalue weighted by Gasteiger charge is 2.46. The van der Waals surface area contributed by atoms with Gasteiger partial charge in [0.1, 0.15) is 15.2 Å². The Bertz CT molecular complexity index is 430. The molecular weight excluding hydrogens is 322 g/mol. The number of hydrogen-bond donors (Lipinski definition) is 1. The molecule has 1 N–H and O–H groups in total. The van der Waals surface area contributed by atoms with Crippen LogP contribution in [-0.2, 0) is 5.60 Å². The van der Waals surface area contributed by atoms with E-state index in [0.717, 1.165) is 22.5 Å². The smallest absolute Gasteiger partial charge is 0.126 e. The number of aromatic nitrogens is 1. The summed E-state index contributed by atoms with van der Waals surface area (Å²) in [6.45, 7) is 0. The van der Waals surface area contributed by atoms with Crippen molar-refractivity contribution in [2.75, 3.05) is 0 Å². The molecule has 2 aliphatic rings. The summed E-state index contributed by atoms with van der Waals surface area (Å²) in [6.07, 6.45) is 11.2.